The summed E-state index contributed by atoms with van der Waals surface area (Å²) in [6.07, 6.45) is 19.5. The van der Waals surface area contributed by atoms with Crippen LogP contribution in [0.25, 0.3) is 0 Å². The lowest BCUT2D eigenvalue weighted by molar-refractivity contribution is 0.147. The summed E-state index contributed by atoms with van der Waals surface area (Å²) < 4.78 is 0. The van der Waals surface area contributed by atoms with Crippen molar-refractivity contribution < 1.29 is 5.11 Å². The fraction of sp³-hybridized carbons (Fsp3) is 1.00. The highest BCUT2D eigenvalue weighted by Gasteiger charge is 2.03. The molecule has 1 N–H and O–H groups in total. The third-order valence-electron chi connectivity index (χ3n) is 4.46. The molecule has 0 aromatic carbocycles. The Hall–Kier alpha value is -0.0400. The van der Waals surface area contributed by atoms with Gasteiger partial charge in [-0.2, -0.15) is 0 Å². The van der Waals surface area contributed by atoms with E-state index in [9.17, 15) is 5.11 Å². The molecule has 0 saturated carbocycles. The molecule has 0 heterocycles. The highest BCUT2D eigenvalue weighted by atomic mass is 16.3. The molecule has 0 aliphatic carbocycles. The minimum absolute atomic E-state index is 0.0312. The molecule has 1 atom stereocenters. The fourth-order valence-electron chi connectivity index (χ4n) is 2.94. The molecule has 1 heteroatoms. The minimum Gasteiger partial charge on any atom is -0.393 e. The Morgan fingerprint density at radius 3 is 1.38 bits per heavy atom. The second-order valence-corrected chi connectivity index (χ2v) is 7.30. The maximum atomic E-state index is 9.97. The summed E-state index contributed by atoms with van der Waals surface area (Å²) >= 11 is 0. The number of unbranched alkanes of at least 4 members (excludes halogenated alkanes) is 10. The Bertz CT molecular complexity index is 188. The fourth-order valence-corrected chi connectivity index (χ4v) is 2.94. The summed E-state index contributed by atoms with van der Waals surface area (Å²) in [6, 6.07) is 0. The number of aliphatic hydroxyl groups excluding tert-OH is 1. The van der Waals surface area contributed by atoms with Crippen LogP contribution in [-0.2, 0) is 0 Å². The van der Waals surface area contributed by atoms with Crippen LogP contribution in [0.3, 0.4) is 0 Å². The molecule has 0 spiro atoms. The van der Waals surface area contributed by atoms with Gasteiger partial charge in [-0.3, -0.25) is 0 Å². The van der Waals surface area contributed by atoms with E-state index in [1.54, 1.807) is 0 Å². The Morgan fingerprint density at radius 1 is 0.571 bits per heavy atom. The first kappa shape index (κ1) is 21.0. The van der Waals surface area contributed by atoms with Crippen molar-refractivity contribution in [2.75, 3.05) is 0 Å². The molecule has 0 aliphatic rings. The van der Waals surface area contributed by atoms with Crippen molar-refractivity contribution in [3.8, 4) is 0 Å². The van der Waals surface area contributed by atoms with E-state index in [1.165, 1.54) is 83.5 Å². The number of aliphatic hydroxyl groups is 1. The smallest absolute Gasteiger partial charge is 0.0540 e. The second-order valence-electron chi connectivity index (χ2n) is 7.30. The molecule has 128 valence electrons. The Morgan fingerprint density at radius 2 is 0.952 bits per heavy atom. The van der Waals surface area contributed by atoms with E-state index in [0.717, 1.165) is 18.8 Å². The van der Waals surface area contributed by atoms with Crippen molar-refractivity contribution in [1.82, 2.24) is 0 Å². The van der Waals surface area contributed by atoms with Crippen molar-refractivity contribution in [3.05, 3.63) is 0 Å². The van der Waals surface area contributed by atoms with Crippen LogP contribution in [0.4, 0.5) is 0 Å². The molecular formula is C20H42O. The van der Waals surface area contributed by atoms with Crippen LogP contribution in [0.5, 0.6) is 0 Å². The van der Waals surface area contributed by atoms with Gasteiger partial charge >= 0.3 is 0 Å². The van der Waals surface area contributed by atoms with Gasteiger partial charge in [-0.15, -0.1) is 0 Å². The van der Waals surface area contributed by atoms with Crippen LogP contribution in [0.1, 0.15) is 117 Å². The molecule has 0 amide bonds. The molecule has 0 saturated heterocycles. The standard InChI is InChI=1S/C20H42O/c1-4-5-6-7-8-11-14-17-20(21)18-15-12-9-10-13-16-19(2)3/h19-21H,4-18H2,1-3H3. The molecule has 0 aromatic heterocycles. The van der Waals surface area contributed by atoms with E-state index in [0.29, 0.717) is 0 Å². The average molecular weight is 299 g/mol. The van der Waals surface area contributed by atoms with Crippen molar-refractivity contribution in [2.24, 2.45) is 5.92 Å². The zero-order valence-electron chi connectivity index (χ0n) is 15.2. The first-order chi connectivity index (χ1) is 10.2. The van der Waals surface area contributed by atoms with Gasteiger partial charge in [0.05, 0.1) is 6.10 Å². The van der Waals surface area contributed by atoms with Gasteiger partial charge in [-0.1, -0.05) is 104 Å². The van der Waals surface area contributed by atoms with Crippen molar-refractivity contribution in [2.45, 2.75) is 123 Å². The van der Waals surface area contributed by atoms with E-state index in [1.807, 2.05) is 0 Å². The van der Waals surface area contributed by atoms with Gasteiger partial charge in [0, 0.05) is 0 Å². The molecule has 0 aromatic rings. The lowest BCUT2D eigenvalue weighted by atomic mass is 10.0. The summed E-state index contributed by atoms with van der Waals surface area (Å²) in [5.41, 5.74) is 0. The summed E-state index contributed by atoms with van der Waals surface area (Å²) in [4.78, 5) is 0. The number of hydrogen-bond acceptors (Lipinski definition) is 1. The van der Waals surface area contributed by atoms with E-state index in [2.05, 4.69) is 20.8 Å². The highest BCUT2D eigenvalue weighted by Crippen LogP contribution is 2.15. The largest absolute Gasteiger partial charge is 0.393 e. The third kappa shape index (κ3) is 17.9. The van der Waals surface area contributed by atoms with Gasteiger partial charge in [0.25, 0.3) is 0 Å². The number of hydrogen-bond donors (Lipinski definition) is 1. The van der Waals surface area contributed by atoms with Crippen LogP contribution in [0.15, 0.2) is 0 Å². The normalized spacial score (nSPS) is 13.0. The predicted molar refractivity (Wildman–Crippen MR) is 95.8 cm³/mol. The first-order valence-electron chi connectivity index (χ1n) is 9.84. The molecule has 1 nitrogen and oxygen atoms in total. The van der Waals surface area contributed by atoms with Crippen LogP contribution in [0.2, 0.25) is 0 Å². The van der Waals surface area contributed by atoms with Crippen LogP contribution < -0.4 is 0 Å². The van der Waals surface area contributed by atoms with Gasteiger partial charge < -0.3 is 5.11 Å². The van der Waals surface area contributed by atoms with E-state index < -0.39 is 0 Å². The summed E-state index contributed by atoms with van der Waals surface area (Å²) in [5, 5.41) is 9.97. The van der Waals surface area contributed by atoms with E-state index >= 15 is 0 Å². The molecule has 0 radical (unpaired) electrons. The number of rotatable bonds is 16. The molecule has 0 bridgehead atoms. The predicted octanol–water partition coefficient (Wildman–Crippen LogP) is 6.87. The van der Waals surface area contributed by atoms with Gasteiger partial charge in [-0.25, -0.2) is 0 Å². The summed E-state index contributed by atoms with van der Waals surface area (Å²) in [6.45, 7) is 6.88. The first-order valence-corrected chi connectivity index (χ1v) is 9.84. The Kier molecular flexibility index (Phi) is 16.3. The Balaban J connectivity index is 3.14. The second kappa shape index (κ2) is 16.3. The molecule has 21 heavy (non-hydrogen) atoms. The lowest BCUT2D eigenvalue weighted by Gasteiger charge is -2.10. The molecular weight excluding hydrogens is 256 g/mol. The van der Waals surface area contributed by atoms with Crippen molar-refractivity contribution >= 4 is 0 Å². The summed E-state index contributed by atoms with van der Waals surface area (Å²) in [7, 11) is 0. The molecule has 0 aliphatic heterocycles. The molecule has 1 unspecified atom stereocenters. The van der Waals surface area contributed by atoms with Crippen molar-refractivity contribution in [1.29, 1.82) is 0 Å². The molecule has 0 fully saturated rings. The SMILES string of the molecule is CCCCCCCCCC(O)CCCCCCCC(C)C. The van der Waals surface area contributed by atoms with Gasteiger partial charge in [0.2, 0.25) is 0 Å². The minimum atomic E-state index is -0.0312. The lowest BCUT2D eigenvalue weighted by Crippen LogP contribution is -2.05. The van der Waals surface area contributed by atoms with Gasteiger partial charge in [0.1, 0.15) is 0 Å². The monoisotopic (exact) mass is 298 g/mol. The zero-order valence-corrected chi connectivity index (χ0v) is 15.2. The van der Waals surface area contributed by atoms with Gasteiger partial charge in [0.15, 0.2) is 0 Å². The van der Waals surface area contributed by atoms with E-state index in [4.69, 9.17) is 0 Å². The third-order valence-corrected chi connectivity index (χ3v) is 4.46. The molecule has 0 rings (SSSR count). The average Bonchev–Trinajstić information content (AvgIpc) is 2.45. The maximum Gasteiger partial charge on any atom is 0.0540 e. The van der Waals surface area contributed by atoms with Crippen LogP contribution >= 0.6 is 0 Å². The van der Waals surface area contributed by atoms with Crippen LogP contribution in [-0.4, -0.2) is 11.2 Å². The Labute approximate surface area is 134 Å². The van der Waals surface area contributed by atoms with E-state index in [-0.39, 0.29) is 6.10 Å². The van der Waals surface area contributed by atoms with Gasteiger partial charge in [-0.05, 0) is 18.8 Å². The summed E-state index contributed by atoms with van der Waals surface area (Å²) in [5.74, 6) is 0.855. The maximum absolute atomic E-state index is 9.97. The van der Waals surface area contributed by atoms with Crippen molar-refractivity contribution in [3.63, 3.8) is 0 Å². The highest BCUT2D eigenvalue weighted by molar-refractivity contribution is 4.57. The van der Waals surface area contributed by atoms with Crippen LogP contribution in [0, 0.1) is 5.92 Å². The quantitative estimate of drug-likeness (QED) is 0.308. The topological polar surface area (TPSA) is 20.2 Å². The zero-order chi connectivity index (χ0) is 15.8.